The molecule has 0 saturated carbocycles. The van der Waals surface area contributed by atoms with Gasteiger partial charge in [0.05, 0.1) is 33.9 Å². The molecule has 27 heavy (non-hydrogen) atoms. The van der Waals surface area contributed by atoms with Crippen LogP contribution in [0.1, 0.15) is 34.4 Å². The fraction of sp³-hybridized carbons (Fsp3) is 0.471. The molecule has 1 aliphatic heterocycles. The van der Waals surface area contributed by atoms with Crippen molar-refractivity contribution in [1.82, 2.24) is 25.1 Å². The highest BCUT2D eigenvalue weighted by molar-refractivity contribution is 7.91. The van der Waals surface area contributed by atoms with E-state index in [0.29, 0.717) is 13.0 Å². The molecule has 1 unspecified atom stereocenters. The lowest BCUT2D eigenvalue weighted by Gasteiger charge is -2.09. The van der Waals surface area contributed by atoms with Gasteiger partial charge in [0.25, 0.3) is 0 Å². The number of pyridine rings is 1. The highest BCUT2D eigenvalue weighted by Crippen LogP contribution is 2.28. The van der Waals surface area contributed by atoms with E-state index in [9.17, 15) is 8.42 Å². The third-order valence-electron chi connectivity index (χ3n) is 4.64. The average molecular weight is 428 g/mol. The van der Waals surface area contributed by atoms with Crippen LogP contribution in [0.5, 0.6) is 0 Å². The summed E-state index contributed by atoms with van der Waals surface area (Å²) in [7, 11) is -2.95. The van der Waals surface area contributed by atoms with Crippen molar-refractivity contribution in [2.24, 2.45) is 0 Å². The molecule has 0 amide bonds. The number of hydrogen-bond acceptors (Lipinski definition) is 7. The molecule has 1 aliphatic rings. The van der Waals surface area contributed by atoms with Crippen LogP contribution in [0.15, 0.2) is 17.6 Å². The van der Waals surface area contributed by atoms with E-state index in [1.165, 1.54) is 0 Å². The Hall–Kier alpha value is -1.55. The van der Waals surface area contributed by atoms with Gasteiger partial charge in [-0.05, 0) is 31.9 Å². The van der Waals surface area contributed by atoms with Crippen molar-refractivity contribution in [1.29, 1.82) is 0 Å². The van der Waals surface area contributed by atoms with Crippen LogP contribution < -0.4 is 5.32 Å². The lowest BCUT2D eigenvalue weighted by atomic mass is 10.2. The summed E-state index contributed by atoms with van der Waals surface area (Å²) in [6.45, 7) is 5.36. The first-order valence-corrected chi connectivity index (χ1v) is 11.3. The van der Waals surface area contributed by atoms with Gasteiger partial charge in [-0.3, -0.25) is 0 Å². The van der Waals surface area contributed by atoms with Crippen molar-refractivity contribution in [3.63, 3.8) is 0 Å². The average Bonchev–Trinajstić information content (AvgIpc) is 3.26. The van der Waals surface area contributed by atoms with E-state index in [2.05, 4.69) is 31.8 Å². The Morgan fingerprint density at radius 1 is 1.33 bits per heavy atom. The van der Waals surface area contributed by atoms with Crippen LogP contribution >= 0.6 is 23.7 Å². The van der Waals surface area contributed by atoms with E-state index in [1.54, 1.807) is 16.0 Å². The van der Waals surface area contributed by atoms with E-state index >= 15 is 0 Å². The molecule has 4 heterocycles. The molecule has 1 atom stereocenters. The summed E-state index contributed by atoms with van der Waals surface area (Å²) >= 11 is 1.65. The quantitative estimate of drug-likeness (QED) is 0.673. The highest BCUT2D eigenvalue weighted by atomic mass is 35.5. The zero-order chi connectivity index (χ0) is 18.3. The fourth-order valence-corrected chi connectivity index (χ4v) is 5.66. The lowest BCUT2D eigenvalue weighted by Crippen LogP contribution is -2.14. The zero-order valence-corrected chi connectivity index (χ0v) is 17.6. The number of sulfone groups is 1. The summed E-state index contributed by atoms with van der Waals surface area (Å²) in [6, 6.07) is 1.98. The molecule has 3 aromatic rings. The molecule has 4 rings (SSSR count). The topological polar surface area (TPSA) is 89.8 Å². The van der Waals surface area contributed by atoms with Crippen LogP contribution in [-0.2, 0) is 22.9 Å². The van der Waals surface area contributed by atoms with Crippen LogP contribution in [0.2, 0.25) is 0 Å². The molecular formula is C17H22ClN5O2S2. The van der Waals surface area contributed by atoms with Crippen LogP contribution in [0.25, 0.3) is 11.0 Å². The van der Waals surface area contributed by atoms with Gasteiger partial charge in [0.2, 0.25) is 0 Å². The van der Waals surface area contributed by atoms with Gasteiger partial charge in [0, 0.05) is 30.1 Å². The van der Waals surface area contributed by atoms with Gasteiger partial charge in [0.1, 0.15) is 0 Å². The maximum Gasteiger partial charge on any atom is 0.158 e. The van der Waals surface area contributed by atoms with Crippen molar-refractivity contribution >= 4 is 44.6 Å². The molecule has 1 N–H and O–H groups in total. The molecule has 0 bridgehead atoms. The number of aromatic nitrogens is 4. The largest absolute Gasteiger partial charge is 0.307 e. The van der Waals surface area contributed by atoms with Gasteiger partial charge in [-0.2, -0.15) is 5.10 Å². The number of fused-ring (bicyclic) bond motifs is 1. The maximum absolute atomic E-state index is 11.8. The molecule has 10 heteroatoms. The minimum Gasteiger partial charge on any atom is -0.307 e. The summed E-state index contributed by atoms with van der Waals surface area (Å²) < 4.78 is 25.3. The fourth-order valence-electron chi connectivity index (χ4n) is 3.36. The normalized spacial score (nSPS) is 18.7. The second kappa shape index (κ2) is 7.83. The Kier molecular flexibility index (Phi) is 5.85. The van der Waals surface area contributed by atoms with Crippen molar-refractivity contribution in [3.8, 4) is 0 Å². The molecule has 1 saturated heterocycles. The molecule has 1 fully saturated rings. The standard InChI is InChI=1S/C17H21N5O2S2.ClH/c1-11-16-5-13(6-18-8-14-9-25-12(2)20-14)7-19-17(16)22(21-11)15-3-4-26(23,24)10-15;/h5,7,9,15,18H,3-4,6,8,10H2,1-2H3;1H. The molecular weight excluding hydrogens is 406 g/mol. The van der Waals surface area contributed by atoms with Crippen LogP contribution in [-0.4, -0.2) is 39.7 Å². The summed E-state index contributed by atoms with van der Waals surface area (Å²) in [5.41, 5.74) is 3.77. The Bertz CT molecular complexity index is 1060. The number of aryl methyl sites for hydroxylation is 2. The predicted molar refractivity (Wildman–Crippen MR) is 109 cm³/mol. The summed E-state index contributed by atoms with van der Waals surface area (Å²) in [5, 5.41) is 12.1. The first-order chi connectivity index (χ1) is 12.4. The van der Waals surface area contributed by atoms with Gasteiger partial charge in [-0.1, -0.05) is 0 Å². The number of hydrogen-bond donors (Lipinski definition) is 1. The Morgan fingerprint density at radius 3 is 2.81 bits per heavy atom. The Labute approximate surface area is 168 Å². The van der Waals surface area contributed by atoms with E-state index in [-0.39, 0.29) is 30.0 Å². The molecule has 3 aromatic heterocycles. The van der Waals surface area contributed by atoms with E-state index in [4.69, 9.17) is 0 Å². The minimum atomic E-state index is -2.95. The summed E-state index contributed by atoms with van der Waals surface area (Å²) in [4.78, 5) is 9.02. The molecule has 0 aromatic carbocycles. The highest BCUT2D eigenvalue weighted by Gasteiger charge is 2.31. The van der Waals surface area contributed by atoms with Crippen molar-refractivity contribution in [3.05, 3.63) is 39.6 Å². The first kappa shape index (κ1) is 20.2. The molecule has 146 valence electrons. The van der Waals surface area contributed by atoms with Gasteiger partial charge < -0.3 is 5.32 Å². The van der Waals surface area contributed by atoms with Gasteiger partial charge in [-0.25, -0.2) is 23.1 Å². The number of nitrogens with zero attached hydrogens (tertiary/aromatic N) is 4. The number of rotatable bonds is 5. The van der Waals surface area contributed by atoms with Crippen molar-refractivity contribution in [2.75, 3.05) is 11.5 Å². The van der Waals surface area contributed by atoms with E-state index < -0.39 is 9.84 Å². The van der Waals surface area contributed by atoms with Crippen molar-refractivity contribution < 1.29 is 8.42 Å². The molecule has 0 aliphatic carbocycles. The van der Waals surface area contributed by atoms with Crippen LogP contribution in [0.3, 0.4) is 0 Å². The third kappa shape index (κ3) is 4.31. The second-order valence-corrected chi connectivity index (χ2v) is 10.1. The Balaban J connectivity index is 0.00000210. The van der Waals surface area contributed by atoms with Gasteiger partial charge >= 0.3 is 0 Å². The summed E-state index contributed by atoms with van der Waals surface area (Å²) in [5.74, 6) is 0.386. The zero-order valence-electron chi connectivity index (χ0n) is 15.2. The van der Waals surface area contributed by atoms with Crippen LogP contribution in [0, 0.1) is 13.8 Å². The first-order valence-electron chi connectivity index (χ1n) is 8.57. The van der Waals surface area contributed by atoms with E-state index in [0.717, 1.165) is 39.5 Å². The van der Waals surface area contributed by atoms with E-state index in [1.807, 2.05) is 20.0 Å². The van der Waals surface area contributed by atoms with Crippen LogP contribution in [0.4, 0.5) is 0 Å². The summed E-state index contributed by atoms with van der Waals surface area (Å²) in [6.07, 6.45) is 2.44. The van der Waals surface area contributed by atoms with Gasteiger partial charge in [0.15, 0.2) is 15.5 Å². The Morgan fingerprint density at radius 2 is 2.15 bits per heavy atom. The van der Waals surface area contributed by atoms with Gasteiger partial charge in [-0.15, -0.1) is 23.7 Å². The number of thiazole rings is 1. The second-order valence-electron chi connectivity index (χ2n) is 6.76. The monoisotopic (exact) mass is 427 g/mol. The number of nitrogens with one attached hydrogen (secondary N) is 1. The SMILES string of the molecule is Cc1nc(CNCc2cnc3c(c2)c(C)nn3C2CCS(=O)(=O)C2)cs1.Cl. The molecule has 7 nitrogen and oxygen atoms in total. The molecule has 0 radical (unpaired) electrons. The van der Waals surface area contributed by atoms with Crippen molar-refractivity contribution in [2.45, 2.75) is 39.4 Å². The third-order valence-corrected chi connectivity index (χ3v) is 7.22. The minimum absolute atomic E-state index is 0. The predicted octanol–water partition coefficient (Wildman–Crippen LogP) is 2.58. The molecule has 0 spiro atoms. The maximum atomic E-state index is 11.8. The number of halogens is 1. The lowest BCUT2D eigenvalue weighted by molar-refractivity contribution is 0.509. The smallest absolute Gasteiger partial charge is 0.158 e.